The Bertz CT molecular complexity index is 880. The number of carbonyl (C=O) groups is 3. The number of nitrogens with one attached hydrogen (secondary N) is 1. The Balaban J connectivity index is 1.77. The average molecular weight is 368 g/mol. The first-order chi connectivity index (χ1) is 13.0. The zero-order valence-electron chi connectivity index (χ0n) is 15.1. The van der Waals surface area contributed by atoms with Crippen LogP contribution in [-0.2, 0) is 14.3 Å². The van der Waals surface area contributed by atoms with Crippen LogP contribution in [0.1, 0.15) is 23.7 Å². The second-order valence-electron chi connectivity index (χ2n) is 6.16. The lowest BCUT2D eigenvalue weighted by Crippen LogP contribution is -2.41. The largest absolute Gasteiger partial charge is 0.496 e. The number of rotatable bonds is 4. The van der Waals surface area contributed by atoms with Gasteiger partial charge in [-0.15, -0.1) is 0 Å². The summed E-state index contributed by atoms with van der Waals surface area (Å²) in [5.74, 6) is -0.852. The molecule has 1 aliphatic rings. The number of methoxy groups -OCH3 is 1. The van der Waals surface area contributed by atoms with E-state index in [0.29, 0.717) is 17.1 Å². The van der Waals surface area contributed by atoms with Crippen LogP contribution >= 0.6 is 0 Å². The Morgan fingerprint density at radius 2 is 1.85 bits per heavy atom. The summed E-state index contributed by atoms with van der Waals surface area (Å²) in [6, 6.07) is 13.3. The van der Waals surface area contributed by atoms with Gasteiger partial charge in [0.05, 0.1) is 18.5 Å². The SMILES string of the molecule is COc1ccccc1C(=O)OCC(=O)N1c2ccccc2NC(=O)C[C@@H]1C. The predicted molar refractivity (Wildman–Crippen MR) is 99.9 cm³/mol. The maximum absolute atomic E-state index is 12.8. The summed E-state index contributed by atoms with van der Waals surface area (Å²) in [5.41, 5.74) is 1.37. The van der Waals surface area contributed by atoms with Gasteiger partial charge in [0.25, 0.3) is 5.91 Å². The zero-order valence-corrected chi connectivity index (χ0v) is 15.1. The number of nitrogens with zero attached hydrogens (tertiary/aromatic N) is 1. The molecule has 1 N–H and O–H groups in total. The van der Waals surface area contributed by atoms with Crippen LogP contribution in [0.15, 0.2) is 48.5 Å². The van der Waals surface area contributed by atoms with Crippen LogP contribution in [0.5, 0.6) is 5.75 Å². The van der Waals surface area contributed by atoms with Gasteiger partial charge in [-0.25, -0.2) is 4.79 Å². The van der Waals surface area contributed by atoms with E-state index in [1.165, 1.54) is 12.0 Å². The fraction of sp³-hybridized carbons (Fsp3) is 0.250. The first kappa shape index (κ1) is 18.4. The molecule has 0 spiro atoms. The molecule has 0 saturated heterocycles. The lowest BCUT2D eigenvalue weighted by atomic mass is 10.1. The Hall–Kier alpha value is -3.35. The fourth-order valence-electron chi connectivity index (χ4n) is 3.06. The van der Waals surface area contributed by atoms with E-state index in [9.17, 15) is 14.4 Å². The number of esters is 1. The molecule has 140 valence electrons. The van der Waals surface area contributed by atoms with Crippen LogP contribution in [0.3, 0.4) is 0 Å². The number of amides is 2. The quantitative estimate of drug-likeness (QED) is 0.839. The topological polar surface area (TPSA) is 84.9 Å². The summed E-state index contributed by atoms with van der Waals surface area (Å²) in [6.07, 6.45) is 0.154. The van der Waals surface area contributed by atoms with Crippen LogP contribution < -0.4 is 15.0 Å². The minimum absolute atomic E-state index is 0.154. The maximum atomic E-state index is 12.8. The van der Waals surface area contributed by atoms with E-state index in [1.54, 1.807) is 55.5 Å². The second kappa shape index (κ2) is 7.90. The fourth-order valence-corrected chi connectivity index (χ4v) is 3.06. The highest BCUT2D eigenvalue weighted by Gasteiger charge is 2.30. The van der Waals surface area contributed by atoms with E-state index < -0.39 is 18.5 Å². The third-order valence-corrected chi connectivity index (χ3v) is 4.28. The van der Waals surface area contributed by atoms with Crippen LogP contribution in [-0.4, -0.2) is 37.5 Å². The molecule has 27 heavy (non-hydrogen) atoms. The molecule has 0 fully saturated rings. The first-order valence-electron chi connectivity index (χ1n) is 8.52. The standard InChI is InChI=1S/C20H20N2O5/c1-13-11-18(23)21-15-8-4-5-9-16(15)22(13)19(24)12-27-20(25)14-7-3-6-10-17(14)26-2/h3-10,13H,11-12H2,1-2H3,(H,21,23)/t13-/m0/s1. The molecule has 0 unspecified atom stereocenters. The van der Waals surface area contributed by atoms with Gasteiger partial charge in [-0.3, -0.25) is 9.59 Å². The Kier molecular flexibility index (Phi) is 5.40. The number of anilines is 2. The summed E-state index contributed by atoms with van der Waals surface area (Å²) >= 11 is 0. The maximum Gasteiger partial charge on any atom is 0.342 e. The number of fused-ring (bicyclic) bond motifs is 1. The molecule has 7 heteroatoms. The highest BCUT2D eigenvalue weighted by molar-refractivity contribution is 6.05. The molecule has 2 aromatic carbocycles. The molecule has 1 atom stereocenters. The van der Waals surface area contributed by atoms with Gasteiger partial charge in [0.2, 0.25) is 5.91 Å². The van der Waals surface area contributed by atoms with E-state index in [1.807, 2.05) is 0 Å². The third kappa shape index (κ3) is 3.92. The highest BCUT2D eigenvalue weighted by Crippen LogP contribution is 2.31. The number of benzene rings is 2. The number of carbonyl (C=O) groups excluding carboxylic acids is 3. The summed E-state index contributed by atoms with van der Waals surface area (Å²) < 4.78 is 10.3. The Labute approximate surface area is 156 Å². The second-order valence-corrected chi connectivity index (χ2v) is 6.16. The monoisotopic (exact) mass is 368 g/mol. The van der Waals surface area contributed by atoms with Crippen molar-refractivity contribution in [2.24, 2.45) is 0 Å². The van der Waals surface area contributed by atoms with E-state index in [0.717, 1.165) is 0 Å². The van der Waals surface area contributed by atoms with Crippen LogP contribution in [0.2, 0.25) is 0 Å². The molecular weight excluding hydrogens is 348 g/mol. The predicted octanol–water partition coefficient (Wildman–Crippen LogP) is 2.62. The molecule has 0 aliphatic carbocycles. The van der Waals surface area contributed by atoms with E-state index in [-0.39, 0.29) is 23.9 Å². The summed E-state index contributed by atoms with van der Waals surface area (Å²) in [7, 11) is 1.46. The normalized spacial score (nSPS) is 16.0. The Morgan fingerprint density at radius 3 is 2.63 bits per heavy atom. The minimum atomic E-state index is -0.647. The molecular formula is C20H20N2O5. The van der Waals surface area contributed by atoms with E-state index >= 15 is 0 Å². The molecule has 2 aromatic rings. The van der Waals surface area contributed by atoms with Gasteiger partial charge < -0.3 is 19.7 Å². The van der Waals surface area contributed by atoms with Crippen molar-refractivity contribution < 1.29 is 23.9 Å². The number of hydrogen-bond donors (Lipinski definition) is 1. The highest BCUT2D eigenvalue weighted by atomic mass is 16.5. The number of ether oxygens (including phenoxy) is 2. The molecule has 3 rings (SSSR count). The van der Waals surface area contributed by atoms with Crippen LogP contribution in [0.25, 0.3) is 0 Å². The van der Waals surface area contributed by atoms with Crippen molar-refractivity contribution in [3.8, 4) is 5.75 Å². The molecule has 0 bridgehead atoms. The van der Waals surface area contributed by atoms with Crippen molar-refractivity contribution in [1.29, 1.82) is 0 Å². The molecule has 7 nitrogen and oxygen atoms in total. The summed E-state index contributed by atoms with van der Waals surface area (Å²) in [6.45, 7) is 1.34. The Morgan fingerprint density at radius 1 is 1.15 bits per heavy atom. The minimum Gasteiger partial charge on any atom is -0.496 e. The van der Waals surface area contributed by atoms with Crippen molar-refractivity contribution in [2.45, 2.75) is 19.4 Å². The van der Waals surface area contributed by atoms with Gasteiger partial charge in [-0.2, -0.15) is 0 Å². The summed E-state index contributed by atoms with van der Waals surface area (Å²) in [5, 5.41) is 2.79. The lowest BCUT2D eigenvalue weighted by molar-refractivity contribution is -0.122. The smallest absolute Gasteiger partial charge is 0.342 e. The van der Waals surface area contributed by atoms with Gasteiger partial charge in [-0.1, -0.05) is 24.3 Å². The molecule has 0 aromatic heterocycles. The van der Waals surface area contributed by atoms with Crippen LogP contribution in [0.4, 0.5) is 11.4 Å². The summed E-state index contributed by atoms with van der Waals surface area (Å²) in [4.78, 5) is 38.6. The zero-order chi connectivity index (χ0) is 19.4. The van der Waals surface area contributed by atoms with Gasteiger partial charge in [0, 0.05) is 12.5 Å². The molecule has 0 saturated carbocycles. The first-order valence-corrected chi connectivity index (χ1v) is 8.52. The molecule has 1 aliphatic heterocycles. The van der Waals surface area contributed by atoms with E-state index in [4.69, 9.17) is 9.47 Å². The third-order valence-electron chi connectivity index (χ3n) is 4.28. The van der Waals surface area contributed by atoms with E-state index in [2.05, 4.69) is 5.32 Å². The van der Waals surface area contributed by atoms with Crippen molar-refractivity contribution in [2.75, 3.05) is 23.9 Å². The van der Waals surface area contributed by atoms with Crippen molar-refractivity contribution >= 4 is 29.2 Å². The van der Waals surface area contributed by atoms with Gasteiger partial charge in [0.1, 0.15) is 11.3 Å². The average Bonchev–Trinajstić information content (AvgIpc) is 2.79. The van der Waals surface area contributed by atoms with Crippen LogP contribution in [0, 0.1) is 0 Å². The van der Waals surface area contributed by atoms with Gasteiger partial charge in [0.15, 0.2) is 6.61 Å². The van der Waals surface area contributed by atoms with Crippen molar-refractivity contribution in [3.63, 3.8) is 0 Å². The van der Waals surface area contributed by atoms with Crippen molar-refractivity contribution in [3.05, 3.63) is 54.1 Å². The van der Waals surface area contributed by atoms with Crippen molar-refractivity contribution in [1.82, 2.24) is 0 Å². The number of hydrogen-bond acceptors (Lipinski definition) is 5. The van der Waals surface area contributed by atoms with Gasteiger partial charge in [-0.05, 0) is 31.2 Å². The molecule has 2 amide bonds. The lowest BCUT2D eigenvalue weighted by Gasteiger charge is -2.27. The molecule has 1 heterocycles. The molecule has 0 radical (unpaired) electrons. The van der Waals surface area contributed by atoms with Gasteiger partial charge >= 0.3 is 5.97 Å². The number of para-hydroxylation sites is 3.